The van der Waals surface area contributed by atoms with Crippen LogP contribution in [0.5, 0.6) is 0 Å². The molecule has 1 aromatic carbocycles. The fraction of sp³-hybridized carbons (Fsp3) is 0.556. The fourth-order valence-electron chi connectivity index (χ4n) is 3.84. The van der Waals surface area contributed by atoms with Crippen LogP contribution in [0.4, 0.5) is 5.69 Å². The molecule has 1 saturated heterocycles. The largest absolute Gasteiger partial charge is 0.448 e. The number of rotatable bonds is 2. The van der Waals surface area contributed by atoms with Gasteiger partial charge in [0.25, 0.3) is 5.91 Å². The van der Waals surface area contributed by atoms with Crippen molar-refractivity contribution in [2.24, 2.45) is 10.8 Å². The molecule has 2 atom stereocenters. The van der Waals surface area contributed by atoms with Gasteiger partial charge in [-0.15, -0.1) is 0 Å². The average molecular weight is 301 g/mol. The number of hydrogen-bond donors (Lipinski definition) is 1. The highest BCUT2D eigenvalue weighted by Gasteiger charge is 2.75. The molecule has 0 aromatic heterocycles. The van der Waals surface area contributed by atoms with E-state index in [0.29, 0.717) is 12.8 Å². The van der Waals surface area contributed by atoms with E-state index in [1.54, 1.807) is 0 Å². The monoisotopic (exact) mass is 301 g/mol. The van der Waals surface area contributed by atoms with Crippen molar-refractivity contribution < 1.29 is 14.3 Å². The lowest BCUT2D eigenvalue weighted by Crippen LogP contribution is -2.50. The third-order valence-corrected chi connectivity index (χ3v) is 6.09. The number of nitrogens with one attached hydrogen (secondary N) is 1. The van der Waals surface area contributed by atoms with Crippen LogP contribution in [0.25, 0.3) is 0 Å². The van der Waals surface area contributed by atoms with Crippen LogP contribution in [-0.4, -0.2) is 17.5 Å². The Hall–Kier alpha value is -1.84. The van der Waals surface area contributed by atoms with Crippen molar-refractivity contribution in [1.29, 1.82) is 0 Å². The summed E-state index contributed by atoms with van der Waals surface area (Å²) in [5.74, 6) is -0.458. The van der Waals surface area contributed by atoms with Gasteiger partial charge in [0.05, 0.1) is 5.41 Å². The second kappa shape index (κ2) is 4.34. The molecule has 4 nitrogen and oxygen atoms in total. The van der Waals surface area contributed by atoms with E-state index in [0.717, 1.165) is 16.8 Å². The van der Waals surface area contributed by atoms with Crippen LogP contribution >= 0.6 is 0 Å². The SMILES string of the molecule is Cc1ccc(C)c(NC(=O)C23CCC(C)(C(=O)O2)C3(C)C)c1. The molecule has 2 fully saturated rings. The lowest BCUT2D eigenvalue weighted by molar-refractivity contribution is -0.165. The van der Waals surface area contributed by atoms with Gasteiger partial charge in [-0.25, -0.2) is 0 Å². The normalized spacial score (nSPS) is 32.0. The van der Waals surface area contributed by atoms with Gasteiger partial charge in [0, 0.05) is 11.1 Å². The van der Waals surface area contributed by atoms with Crippen LogP contribution in [-0.2, 0) is 14.3 Å². The zero-order valence-corrected chi connectivity index (χ0v) is 13.9. The minimum absolute atomic E-state index is 0.208. The van der Waals surface area contributed by atoms with E-state index in [1.807, 2.05) is 52.8 Å². The summed E-state index contributed by atoms with van der Waals surface area (Å²) in [5, 5.41) is 2.99. The molecule has 1 aliphatic carbocycles. The molecule has 2 unspecified atom stereocenters. The van der Waals surface area contributed by atoms with E-state index in [1.165, 1.54) is 0 Å². The van der Waals surface area contributed by atoms with E-state index in [2.05, 4.69) is 5.32 Å². The molecule has 1 heterocycles. The third-order valence-electron chi connectivity index (χ3n) is 6.09. The summed E-state index contributed by atoms with van der Waals surface area (Å²) in [6, 6.07) is 5.93. The summed E-state index contributed by atoms with van der Waals surface area (Å²) >= 11 is 0. The first-order valence-corrected chi connectivity index (χ1v) is 7.76. The summed E-state index contributed by atoms with van der Waals surface area (Å²) in [5.41, 5.74) is 0.710. The molecular weight excluding hydrogens is 278 g/mol. The predicted molar refractivity (Wildman–Crippen MR) is 84.5 cm³/mol. The van der Waals surface area contributed by atoms with Crippen LogP contribution in [0.3, 0.4) is 0 Å². The van der Waals surface area contributed by atoms with Crippen molar-refractivity contribution in [2.45, 2.75) is 53.1 Å². The standard InChI is InChI=1S/C18H23NO3/c1-11-6-7-12(2)13(10-11)19-14(20)18-9-8-17(5,15(21)22-18)16(18,3)4/h6-7,10H,8-9H2,1-5H3,(H,19,20). The predicted octanol–water partition coefficient (Wildman–Crippen LogP) is 3.36. The second-order valence-electron chi connectivity index (χ2n) is 7.45. The molecule has 1 N–H and O–H groups in total. The lowest BCUT2D eigenvalue weighted by atomic mass is 9.66. The lowest BCUT2D eigenvalue weighted by Gasteiger charge is -2.35. The topological polar surface area (TPSA) is 55.4 Å². The van der Waals surface area contributed by atoms with Gasteiger partial charge in [-0.2, -0.15) is 0 Å². The number of hydrogen-bond acceptors (Lipinski definition) is 3. The zero-order valence-electron chi connectivity index (χ0n) is 13.9. The first-order chi connectivity index (χ1) is 10.1. The summed E-state index contributed by atoms with van der Waals surface area (Å²) in [4.78, 5) is 25.2. The molecule has 2 bridgehead atoms. The van der Waals surface area contributed by atoms with E-state index in [-0.39, 0.29) is 11.9 Å². The summed E-state index contributed by atoms with van der Waals surface area (Å²) in [7, 11) is 0. The maximum atomic E-state index is 13.0. The van der Waals surface area contributed by atoms with Gasteiger partial charge in [-0.3, -0.25) is 9.59 Å². The zero-order chi connectivity index (χ0) is 16.3. The highest BCUT2D eigenvalue weighted by atomic mass is 16.6. The Morgan fingerprint density at radius 3 is 2.41 bits per heavy atom. The third kappa shape index (κ3) is 1.64. The van der Waals surface area contributed by atoms with Gasteiger partial charge in [0.2, 0.25) is 0 Å². The molecule has 0 radical (unpaired) electrons. The maximum absolute atomic E-state index is 13.0. The number of ether oxygens (including phenoxy) is 1. The van der Waals surface area contributed by atoms with Gasteiger partial charge in [0.15, 0.2) is 5.60 Å². The Kier molecular flexibility index (Phi) is 2.97. The first-order valence-electron chi connectivity index (χ1n) is 7.76. The van der Waals surface area contributed by atoms with Crippen molar-refractivity contribution in [1.82, 2.24) is 0 Å². The maximum Gasteiger partial charge on any atom is 0.313 e. The highest BCUT2D eigenvalue weighted by Crippen LogP contribution is 2.65. The van der Waals surface area contributed by atoms with Crippen molar-refractivity contribution >= 4 is 17.6 Å². The minimum atomic E-state index is -1.06. The number of aryl methyl sites for hydroxylation is 2. The van der Waals surface area contributed by atoms with Crippen molar-refractivity contribution in [3.63, 3.8) is 0 Å². The number of anilines is 1. The molecule has 3 rings (SSSR count). The van der Waals surface area contributed by atoms with E-state index >= 15 is 0 Å². The molecule has 118 valence electrons. The van der Waals surface area contributed by atoms with E-state index in [4.69, 9.17) is 4.74 Å². The van der Waals surface area contributed by atoms with Gasteiger partial charge < -0.3 is 10.1 Å². The number of amides is 1. The molecule has 22 heavy (non-hydrogen) atoms. The molecule has 1 saturated carbocycles. The Morgan fingerprint density at radius 1 is 1.18 bits per heavy atom. The number of carbonyl (C=O) groups excluding carboxylic acids is 2. The quantitative estimate of drug-likeness (QED) is 0.852. The van der Waals surface area contributed by atoms with Gasteiger partial charge in [0.1, 0.15) is 0 Å². The summed E-state index contributed by atoms with van der Waals surface area (Å²) in [6.45, 7) is 9.78. The van der Waals surface area contributed by atoms with Crippen molar-refractivity contribution in [3.05, 3.63) is 29.3 Å². The van der Waals surface area contributed by atoms with E-state index in [9.17, 15) is 9.59 Å². The summed E-state index contributed by atoms with van der Waals surface area (Å²) < 4.78 is 5.62. The molecular formula is C18H23NO3. The highest BCUT2D eigenvalue weighted by molar-refractivity contribution is 6.03. The second-order valence-corrected chi connectivity index (χ2v) is 7.45. The van der Waals surface area contributed by atoms with Gasteiger partial charge in [-0.05, 0) is 50.8 Å². The fourth-order valence-corrected chi connectivity index (χ4v) is 3.84. The van der Waals surface area contributed by atoms with Gasteiger partial charge >= 0.3 is 5.97 Å². The van der Waals surface area contributed by atoms with Crippen molar-refractivity contribution in [2.75, 3.05) is 5.32 Å². The van der Waals surface area contributed by atoms with Crippen LogP contribution in [0.15, 0.2) is 18.2 Å². The number of benzene rings is 1. The first kappa shape index (κ1) is 15.1. The Bertz CT molecular complexity index is 679. The Morgan fingerprint density at radius 2 is 1.86 bits per heavy atom. The molecule has 4 heteroatoms. The van der Waals surface area contributed by atoms with Crippen LogP contribution in [0.2, 0.25) is 0 Å². The van der Waals surface area contributed by atoms with Crippen LogP contribution < -0.4 is 5.32 Å². The number of carbonyl (C=O) groups is 2. The molecule has 1 amide bonds. The molecule has 1 aliphatic heterocycles. The smallest absolute Gasteiger partial charge is 0.313 e. The Balaban J connectivity index is 1.96. The average Bonchev–Trinajstić information content (AvgIpc) is 2.73. The molecule has 2 aliphatic rings. The molecule has 1 aromatic rings. The minimum Gasteiger partial charge on any atom is -0.448 e. The Labute approximate surface area is 131 Å². The van der Waals surface area contributed by atoms with Gasteiger partial charge in [-0.1, -0.05) is 26.0 Å². The van der Waals surface area contributed by atoms with Crippen molar-refractivity contribution in [3.8, 4) is 0 Å². The van der Waals surface area contributed by atoms with Crippen LogP contribution in [0, 0.1) is 24.7 Å². The van der Waals surface area contributed by atoms with E-state index < -0.39 is 16.4 Å². The van der Waals surface area contributed by atoms with Crippen LogP contribution in [0.1, 0.15) is 44.7 Å². The number of esters is 1. The molecule has 0 spiro atoms. The summed E-state index contributed by atoms with van der Waals surface area (Å²) in [6.07, 6.45) is 1.28. The number of fused-ring (bicyclic) bond motifs is 2.